The minimum Gasteiger partial charge on any atom is -0.162 e. The summed E-state index contributed by atoms with van der Waals surface area (Å²) >= 11 is 0. The Morgan fingerprint density at radius 1 is 0.583 bits per heavy atom. The molecule has 0 aliphatic heterocycles. The molecule has 0 atom stereocenters. The van der Waals surface area contributed by atoms with E-state index < -0.39 is 0 Å². The van der Waals surface area contributed by atoms with Gasteiger partial charge in [-0.3, -0.25) is 0 Å². The van der Waals surface area contributed by atoms with E-state index in [4.69, 9.17) is 0 Å². The fourth-order valence-corrected chi connectivity index (χ4v) is 0.308. The van der Waals surface area contributed by atoms with E-state index in [9.17, 15) is 0 Å². The van der Waals surface area contributed by atoms with E-state index in [-0.39, 0.29) is 11.1 Å². The van der Waals surface area contributed by atoms with Crippen molar-refractivity contribution in [3.63, 3.8) is 0 Å². The van der Waals surface area contributed by atoms with Crippen LogP contribution in [0.2, 0.25) is 0 Å². The van der Waals surface area contributed by atoms with Crippen LogP contribution in [0.15, 0.2) is 20.7 Å². The highest BCUT2D eigenvalue weighted by atomic mass is 15.5. The predicted octanol–water partition coefficient (Wildman–Crippen LogP) is 3.40. The van der Waals surface area contributed by atoms with Crippen molar-refractivity contribution in [2.45, 2.75) is 52.6 Å². The Morgan fingerprint density at radius 2 is 0.833 bits per heavy atom. The van der Waals surface area contributed by atoms with Crippen LogP contribution in [-0.2, 0) is 0 Å². The van der Waals surface area contributed by atoms with Gasteiger partial charge >= 0.3 is 0 Å². The first-order valence-electron chi connectivity index (χ1n) is 4.05. The van der Waals surface area contributed by atoms with Gasteiger partial charge in [-0.2, -0.15) is 10.2 Å². The minimum atomic E-state index is -0.170. The zero-order chi connectivity index (χ0) is 9.83. The van der Waals surface area contributed by atoms with Crippen LogP contribution in [0.5, 0.6) is 0 Å². The number of rotatable bonds is 1. The summed E-state index contributed by atoms with van der Waals surface area (Å²) in [6, 6.07) is 0. The second-order valence-corrected chi connectivity index (χ2v) is 4.72. The van der Waals surface area contributed by atoms with E-state index in [1.807, 2.05) is 41.5 Å². The van der Waals surface area contributed by atoms with Gasteiger partial charge in [0.15, 0.2) is 0 Å². The molecule has 0 saturated carbocycles. The van der Waals surface area contributed by atoms with Gasteiger partial charge in [0, 0.05) is 0 Å². The summed E-state index contributed by atoms with van der Waals surface area (Å²) < 4.78 is 0. The largest absolute Gasteiger partial charge is 0.162 e. The maximum absolute atomic E-state index is 3.92. The van der Waals surface area contributed by atoms with Crippen molar-refractivity contribution in [3.8, 4) is 0 Å². The molecule has 0 aromatic rings. The maximum Gasteiger partial charge on any atom is 0.0754 e. The van der Waals surface area contributed by atoms with Crippen molar-refractivity contribution < 1.29 is 0 Å². The standard InChI is InChI=1S/C8H18N4/c1-7(2,3)9-11-12-10-8(4,5)6/h1-6H3/b11-9-,12-10-. The van der Waals surface area contributed by atoms with Crippen LogP contribution in [0.3, 0.4) is 0 Å². The molecule has 12 heavy (non-hydrogen) atoms. The third-order valence-electron chi connectivity index (χ3n) is 0.729. The fraction of sp³-hybridized carbons (Fsp3) is 1.00. The summed E-state index contributed by atoms with van der Waals surface area (Å²) in [7, 11) is 0. The van der Waals surface area contributed by atoms with Crippen LogP contribution in [0, 0.1) is 0 Å². The first kappa shape index (κ1) is 11.2. The Hall–Kier alpha value is -0.800. The SMILES string of the molecule is CC(C)(C)/N=N\N=N/C(C)(C)C. The fourth-order valence-electron chi connectivity index (χ4n) is 0.308. The molecule has 0 saturated heterocycles. The lowest BCUT2D eigenvalue weighted by atomic mass is 10.1. The summed E-state index contributed by atoms with van der Waals surface area (Å²) in [4.78, 5) is 0. The zero-order valence-corrected chi connectivity index (χ0v) is 8.79. The van der Waals surface area contributed by atoms with Crippen LogP contribution >= 0.6 is 0 Å². The monoisotopic (exact) mass is 170 g/mol. The van der Waals surface area contributed by atoms with Crippen LogP contribution in [0.25, 0.3) is 0 Å². The van der Waals surface area contributed by atoms with Gasteiger partial charge in [-0.1, -0.05) is 0 Å². The Morgan fingerprint density at radius 3 is 1.00 bits per heavy atom. The van der Waals surface area contributed by atoms with Crippen molar-refractivity contribution >= 4 is 0 Å². The van der Waals surface area contributed by atoms with Gasteiger partial charge in [0.1, 0.15) is 0 Å². The highest BCUT2D eigenvalue weighted by Crippen LogP contribution is 2.09. The van der Waals surface area contributed by atoms with Gasteiger partial charge in [-0.05, 0) is 52.0 Å². The highest BCUT2D eigenvalue weighted by Gasteiger charge is 2.07. The lowest BCUT2D eigenvalue weighted by Crippen LogP contribution is -2.08. The Balaban J connectivity index is 4.00. The van der Waals surface area contributed by atoms with Gasteiger partial charge in [0.2, 0.25) is 0 Å². The zero-order valence-electron chi connectivity index (χ0n) is 8.79. The van der Waals surface area contributed by atoms with E-state index in [2.05, 4.69) is 20.7 Å². The first-order chi connectivity index (χ1) is 5.21. The molecule has 70 valence electrons. The lowest BCUT2D eigenvalue weighted by Gasteiger charge is -2.08. The second-order valence-electron chi connectivity index (χ2n) is 4.72. The van der Waals surface area contributed by atoms with Crippen molar-refractivity contribution in [1.82, 2.24) is 0 Å². The normalized spacial score (nSPS) is 14.8. The molecule has 0 spiro atoms. The average molecular weight is 170 g/mol. The van der Waals surface area contributed by atoms with Crippen LogP contribution in [0.1, 0.15) is 41.5 Å². The molecule has 4 heteroatoms. The van der Waals surface area contributed by atoms with Gasteiger partial charge in [-0.15, -0.1) is 0 Å². The molecule has 0 aliphatic rings. The Bertz CT molecular complexity index is 158. The summed E-state index contributed by atoms with van der Waals surface area (Å²) in [5.74, 6) is 0. The van der Waals surface area contributed by atoms with E-state index in [1.54, 1.807) is 0 Å². The van der Waals surface area contributed by atoms with Gasteiger partial charge in [0.05, 0.1) is 11.1 Å². The molecule has 0 unspecified atom stereocenters. The summed E-state index contributed by atoms with van der Waals surface area (Å²) in [6.45, 7) is 11.8. The number of hydrogen-bond acceptors (Lipinski definition) is 2. The third kappa shape index (κ3) is 9.20. The summed E-state index contributed by atoms with van der Waals surface area (Å²) in [6.07, 6.45) is 0. The van der Waals surface area contributed by atoms with E-state index in [1.165, 1.54) is 0 Å². The maximum atomic E-state index is 3.92. The van der Waals surface area contributed by atoms with Crippen LogP contribution < -0.4 is 0 Å². The molecule has 0 fully saturated rings. The molecule has 0 bridgehead atoms. The lowest BCUT2D eigenvalue weighted by molar-refractivity contribution is 0.506. The van der Waals surface area contributed by atoms with Crippen molar-refractivity contribution in [2.75, 3.05) is 0 Å². The molecule has 0 aromatic heterocycles. The molecule has 0 N–H and O–H groups in total. The second kappa shape index (κ2) is 3.74. The first-order valence-corrected chi connectivity index (χ1v) is 4.05. The van der Waals surface area contributed by atoms with Crippen LogP contribution in [-0.4, -0.2) is 11.1 Å². The Kier molecular flexibility index (Phi) is 3.49. The molecule has 0 rings (SSSR count). The van der Waals surface area contributed by atoms with Crippen LogP contribution in [0.4, 0.5) is 0 Å². The number of hydrogen-bond donors (Lipinski definition) is 0. The molecular formula is C8H18N4. The molecule has 0 aromatic carbocycles. The summed E-state index contributed by atoms with van der Waals surface area (Å²) in [5.41, 5.74) is -0.339. The molecule has 0 amide bonds. The van der Waals surface area contributed by atoms with Gasteiger partial charge < -0.3 is 0 Å². The third-order valence-corrected chi connectivity index (χ3v) is 0.729. The molecule has 4 nitrogen and oxygen atoms in total. The predicted molar refractivity (Wildman–Crippen MR) is 49.2 cm³/mol. The highest BCUT2D eigenvalue weighted by molar-refractivity contribution is 4.67. The van der Waals surface area contributed by atoms with Gasteiger partial charge in [0.25, 0.3) is 0 Å². The molecular weight excluding hydrogens is 152 g/mol. The smallest absolute Gasteiger partial charge is 0.0754 e. The minimum absolute atomic E-state index is 0.170. The van der Waals surface area contributed by atoms with E-state index in [0.717, 1.165) is 0 Å². The number of nitrogens with zero attached hydrogens (tertiary/aromatic N) is 4. The Labute approximate surface area is 74.2 Å². The molecule has 0 aliphatic carbocycles. The van der Waals surface area contributed by atoms with Crippen molar-refractivity contribution in [2.24, 2.45) is 20.7 Å². The van der Waals surface area contributed by atoms with Crippen molar-refractivity contribution in [3.05, 3.63) is 0 Å². The quantitative estimate of drug-likeness (QED) is 0.428. The molecule has 0 radical (unpaired) electrons. The molecule has 0 heterocycles. The topological polar surface area (TPSA) is 49.4 Å². The summed E-state index contributed by atoms with van der Waals surface area (Å²) in [5, 5.41) is 15.1. The van der Waals surface area contributed by atoms with Crippen molar-refractivity contribution in [1.29, 1.82) is 0 Å². The average Bonchev–Trinajstić information content (AvgIpc) is 1.76. The van der Waals surface area contributed by atoms with E-state index in [0.29, 0.717) is 0 Å². The van der Waals surface area contributed by atoms with Gasteiger partial charge in [-0.25, -0.2) is 0 Å². The van der Waals surface area contributed by atoms with E-state index >= 15 is 0 Å².